The van der Waals surface area contributed by atoms with E-state index >= 15 is 0 Å². The lowest BCUT2D eigenvalue weighted by Crippen LogP contribution is -2.48. The Morgan fingerprint density at radius 2 is 1.87 bits per heavy atom. The van der Waals surface area contributed by atoms with Crippen molar-refractivity contribution in [3.05, 3.63) is 64.6 Å². The average Bonchev–Trinajstić information content (AvgIpc) is 2.74. The third-order valence-corrected chi connectivity index (χ3v) is 5.35. The Bertz CT molecular complexity index is 1040. The van der Waals surface area contributed by atoms with E-state index < -0.39 is 12.0 Å². The highest BCUT2D eigenvalue weighted by molar-refractivity contribution is 7.80. The highest BCUT2D eigenvalue weighted by Crippen LogP contribution is 2.41. The molecular weight excluding hydrogens is 407 g/mol. The quantitative estimate of drug-likeness (QED) is 0.568. The third kappa shape index (κ3) is 3.70. The topological polar surface area (TPSA) is 60.0 Å². The summed E-state index contributed by atoms with van der Waals surface area (Å²) in [6.07, 6.45) is 0. The number of halogens is 1. The lowest BCUT2D eigenvalue weighted by molar-refractivity contribution is -0.136. The van der Waals surface area contributed by atoms with E-state index in [4.69, 9.17) is 26.4 Å². The molecule has 6 nitrogen and oxygen atoms in total. The van der Waals surface area contributed by atoms with Crippen molar-refractivity contribution in [3.63, 3.8) is 0 Å². The predicted octanol–water partition coefficient (Wildman–Crippen LogP) is 4.03. The zero-order chi connectivity index (χ0) is 22.0. The minimum atomic E-state index is -0.637. The number of rotatable bonds is 5. The van der Waals surface area contributed by atoms with Crippen LogP contribution in [0.1, 0.15) is 24.1 Å². The van der Waals surface area contributed by atoms with Crippen molar-refractivity contribution < 1.29 is 23.4 Å². The van der Waals surface area contributed by atoms with Gasteiger partial charge in [0.15, 0.2) is 16.6 Å². The van der Waals surface area contributed by atoms with Gasteiger partial charge in [-0.05, 0) is 49.8 Å². The molecule has 30 heavy (non-hydrogen) atoms. The lowest BCUT2D eigenvalue weighted by Gasteiger charge is -2.37. The molecule has 0 fully saturated rings. The van der Waals surface area contributed by atoms with Crippen molar-refractivity contribution >= 4 is 29.0 Å². The van der Waals surface area contributed by atoms with Crippen LogP contribution in [0.2, 0.25) is 0 Å². The van der Waals surface area contributed by atoms with Crippen LogP contribution in [-0.2, 0) is 9.53 Å². The molecule has 1 heterocycles. The molecule has 0 aromatic heterocycles. The molecule has 0 amide bonds. The summed E-state index contributed by atoms with van der Waals surface area (Å²) < 4.78 is 30.2. The van der Waals surface area contributed by atoms with Crippen LogP contribution >= 0.6 is 12.2 Å². The number of hydrogen-bond donors (Lipinski definition) is 1. The highest BCUT2D eigenvalue weighted by Gasteiger charge is 2.37. The molecule has 2 aromatic rings. The smallest absolute Gasteiger partial charge is 0.337 e. The summed E-state index contributed by atoms with van der Waals surface area (Å²) in [4.78, 5) is 14.4. The molecule has 0 radical (unpaired) electrons. The van der Waals surface area contributed by atoms with Crippen molar-refractivity contribution in [2.24, 2.45) is 0 Å². The summed E-state index contributed by atoms with van der Waals surface area (Å²) in [5.74, 6) is 0.103. The van der Waals surface area contributed by atoms with Crippen molar-refractivity contribution in [3.8, 4) is 11.5 Å². The maximum Gasteiger partial charge on any atom is 0.337 e. The maximum absolute atomic E-state index is 14.2. The first-order valence-corrected chi connectivity index (χ1v) is 9.61. The minimum absolute atomic E-state index is 0.318. The van der Waals surface area contributed by atoms with Gasteiger partial charge in [-0.3, -0.25) is 4.90 Å². The van der Waals surface area contributed by atoms with E-state index in [2.05, 4.69) is 5.32 Å². The second kappa shape index (κ2) is 8.71. The van der Waals surface area contributed by atoms with E-state index in [-0.39, 0.29) is 5.82 Å². The van der Waals surface area contributed by atoms with Crippen LogP contribution in [0.3, 0.4) is 0 Å². The summed E-state index contributed by atoms with van der Waals surface area (Å²) in [5, 5.41) is 3.50. The van der Waals surface area contributed by atoms with E-state index in [1.807, 2.05) is 6.07 Å². The maximum atomic E-state index is 14.2. The number of ether oxygens (including phenoxy) is 3. The fourth-order valence-electron chi connectivity index (χ4n) is 3.52. The molecule has 8 heteroatoms. The summed E-state index contributed by atoms with van der Waals surface area (Å²) in [5.41, 5.74) is 2.55. The molecule has 1 N–H and O–H groups in total. The molecule has 0 aliphatic carbocycles. The fraction of sp³-hybridized carbons (Fsp3) is 0.273. The van der Waals surface area contributed by atoms with E-state index in [1.165, 1.54) is 27.4 Å². The van der Waals surface area contributed by atoms with Crippen LogP contribution in [0.15, 0.2) is 47.7 Å². The zero-order valence-electron chi connectivity index (χ0n) is 17.4. The largest absolute Gasteiger partial charge is 0.493 e. The Morgan fingerprint density at radius 1 is 1.13 bits per heavy atom. The van der Waals surface area contributed by atoms with Gasteiger partial charge in [0.1, 0.15) is 5.82 Å². The van der Waals surface area contributed by atoms with Gasteiger partial charge in [-0.25, -0.2) is 9.18 Å². The van der Waals surface area contributed by atoms with Crippen LogP contribution < -0.4 is 19.7 Å². The molecule has 1 unspecified atom stereocenters. The molecule has 158 valence electrons. The second-order valence-electron chi connectivity index (χ2n) is 6.72. The van der Waals surface area contributed by atoms with Gasteiger partial charge < -0.3 is 19.5 Å². The van der Waals surface area contributed by atoms with Gasteiger partial charge in [0.2, 0.25) is 0 Å². The van der Waals surface area contributed by atoms with Crippen LogP contribution in [0, 0.1) is 12.7 Å². The molecule has 2 aromatic carbocycles. The Balaban J connectivity index is 2.20. The third-order valence-electron chi connectivity index (χ3n) is 5.05. The standard InChI is InChI=1S/C22H23FN2O4S/c1-12-9-10-14(11-16(12)23)25-13(2)18(21(26)29-5)19(24-22(25)30)15-7-6-8-17(27-3)20(15)28-4/h6-11,19H,1-5H3,(H,24,30). The minimum Gasteiger partial charge on any atom is -0.493 e. The molecule has 0 saturated heterocycles. The monoisotopic (exact) mass is 430 g/mol. The highest BCUT2D eigenvalue weighted by atomic mass is 32.1. The summed E-state index contributed by atoms with van der Waals surface area (Å²) in [7, 11) is 4.38. The fourth-order valence-corrected chi connectivity index (χ4v) is 3.88. The number of methoxy groups -OCH3 is 3. The number of carbonyl (C=O) groups excluding carboxylic acids is 1. The van der Waals surface area contributed by atoms with E-state index in [0.717, 1.165) is 0 Å². The molecule has 0 saturated carbocycles. The molecule has 1 aliphatic heterocycles. The number of allylic oxidation sites excluding steroid dienone is 1. The van der Waals surface area contributed by atoms with Crippen LogP contribution in [0.4, 0.5) is 10.1 Å². The molecule has 3 rings (SSSR count). The Hall–Kier alpha value is -3.13. The van der Waals surface area contributed by atoms with Crippen molar-refractivity contribution in [2.75, 3.05) is 26.2 Å². The van der Waals surface area contributed by atoms with Crippen LogP contribution in [-0.4, -0.2) is 32.4 Å². The van der Waals surface area contributed by atoms with Crippen LogP contribution in [0.25, 0.3) is 0 Å². The number of esters is 1. The first-order chi connectivity index (χ1) is 14.3. The molecule has 1 atom stereocenters. The van der Waals surface area contributed by atoms with Gasteiger partial charge in [-0.1, -0.05) is 18.2 Å². The predicted molar refractivity (Wildman–Crippen MR) is 116 cm³/mol. The SMILES string of the molecule is COC(=O)C1=C(C)N(c2ccc(C)c(F)c2)C(=S)NC1c1cccc(OC)c1OC. The van der Waals surface area contributed by atoms with Crippen molar-refractivity contribution in [2.45, 2.75) is 19.9 Å². The number of hydrogen-bond acceptors (Lipinski definition) is 5. The van der Waals surface area contributed by atoms with Gasteiger partial charge in [0.25, 0.3) is 0 Å². The number of para-hydroxylation sites is 1. The number of anilines is 1. The number of thiocarbonyl (C=S) groups is 1. The number of carbonyl (C=O) groups is 1. The Morgan fingerprint density at radius 3 is 2.47 bits per heavy atom. The summed E-state index contributed by atoms with van der Waals surface area (Å²) in [6.45, 7) is 3.43. The second-order valence-corrected chi connectivity index (χ2v) is 7.11. The number of aryl methyl sites for hydroxylation is 1. The Kier molecular flexibility index (Phi) is 6.26. The van der Waals surface area contributed by atoms with E-state index in [0.29, 0.717) is 44.7 Å². The number of nitrogens with one attached hydrogen (secondary N) is 1. The first-order valence-electron chi connectivity index (χ1n) is 9.20. The molecule has 1 aliphatic rings. The number of benzene rings is 2. The molecule has 0 bridgehead atoms. The van der Waals surface area contributed by atoms with Gasteiger partial charge >= 0.3 is 5.97 Å². The average molecular weight is 431 g/mol. The number of nitrogens with zero attached hydrogens (tertiary/aromatic N) is 1. The van der Waals surface area contributed by atoms with Gasteiger partial charge in [-0.2, -0.15) is 0 Å². The van der Waals surface area contributed by atoms with Crippen LogP contribution in [0.5, 0.6) is 11.5 Å². The zero-order valence-corrected chi connectivity index (χ0v) is 18.2. The van der Waals surface area contributed by atoms with Crippen molar-refractivity contribution in [1.82, 2.24) is 5.32 Å². The van der Waals surface area contributed by atoms with E-state index in [1.54, 1.807) is 43.0 Å². The summed E-state index contributed by atoms with van der Waals surface area (Å²) in [6, 6.07) is 9.54. The van der Waals surface area contributed by atoms with Gasteiger partial charge in [-0.15, -0.1) is 0 Å². The first kappa shape index (κ1) is 21.6. The van der Waals surface area contributed by atoms with Crippen molar-refractivity contribution in [1.29, 1.82) is 0 Å². The van der Waals surface area contributed by atoms with Gasteiger partial charge in [0, 0.05) is 11.3 Å². The summed E-state index contributed by atoms with van der Waals surface area (Å²) >= 11 is 5.59. The molecule has 0 spiro atoms. The van der Waals surface area contributed by atoms with Gasteiger partial charge in [0.05, 0.1) is 38.6 Å². The van der Waals surface area contributed by atoms with E-state index in [9.17, 15) is 9.18 Å². The molecular formula is C22H23FN2O4S. The lowest BCUT2D eigenvalue weighted by atomic mass is 9.93. The Labute approximate surface area is 180 Å². The normalized spacial score (nSPS) is 16.3.